The molecule has 4 unspecified atom stereocenters. The Bertz CT molecular complexity index is 894. The summed E-state index contributed by atoms with van der Waals surface area (Å²) in [5, 5.41) is 0. The highest BCUT2D eigenvalue weighted by Gasteiger charge is 2.70. The molecule has 0 saturated carbocycles. The van der Waals surface area contributed by atoms with E-state index in [1.807, 2.05) is 0 Å². The summed E-state index contributed by atoms with van der Waals surface area (Å²) >= 11 is 0. The van der Waals surface area contributed by atoms with E-state index >= 15 is 0 Å². The Morgan fingerprint density at radius 2 is 0.917 bits per heavy atom. The van der Waals surface area contributed by atoms with Crippen LogP contribution in [0.1, 0.15) is 36.1 Å². The summed E-state index contributed by atoms with van der Waals surface area (Å²) in [6.07, 6.45) is 8.82. The molecule has 2 heteroatoms. The highest BCUT2D eigenvalue weighted by Crippen LogP contribution is 2.68. The van der Waals surface area contributed by atoms with Gasteiger partial charge in [0.05, 0.1) is 0 Å². The third-order valence-corrected chi connectivity index (χ3v) is 6.29. The molecule has 0 aromatic heterocycles. The summed E-state index contributed by atoms with van der Waals surface area (Å²) < 4.78 is 13.5. The van der Waals surface area contributed by atoms with Crippen LogP contribution < -0.4 is 0 Å². The Hall–Kier alpha value is -2.16. The second kappa shape index (κ2) is 3.58. The van der Waals surface area contributed by atoms with Crippen LogP contribution in [0, 0.1) is 0 Å². The normalized spacial score (nSPS) is 42.6. The van der Waals surface area contributed by atoms with Crippen LogP contribution in [0.2, 0.25) is 0 Å². The summed E-state index contributed by atoms with van der Waals surface area (Å²) in [6, 6.07) is 17.1. The average molecular weight is 314 g/mol. The molecule has 118 valence electrons. The highest BCUT2D eigenvalue weighted by molar-refractivity contribution is 5.61. The maximum atomic E-state index is 6.74. The summed E-state index contributed by atoms with van der Waals surface area (Å²) in [6.45, 7) is 4.29. The highest BCUT2D eigenvalue weighted by atomic mass is 16.6. The fraction of sp³-hybridized carbons (Fsp3) is 0.273. The van der Waals surface area contributed by atoms with Crippen LogP contribution in [0.3, 0.4) is 0 Å². The van der Waals surface area contributed by atoms with Crippen molar-refractivity contribution in [3.05, 3.63) is 95.1 Å². The van der Waals surface area contributed by atoms with Gasteiger partial charge in [-0.25, -0.2) is 0 Å². The first-order chi connectivity index (χ1) is 11.5. The van der Waals surface area contributed by atoms with Crippen molar-refractivity contribution in [2.75, 3.05) is 0 Å². The first kappa shape index (κ1) is 13.2. The molecular formula is C22H18O2. The maximum Gasteiger partial charge on any atom is 0.150 e. The molecule has 2 aromatic carbocycles. The molecule has 4 aliphatic rings. The molecule has 24 heavy (non-hydrogen) atoms. The standard InChI is InChI=1S/C22H18O2/c1-19-11-13-21(23-19,17-9-5-3-7-15(17)19)22-14-12-20(2,24-22)16-8-4-6-10-18(16)22/h3-14H,1-2H3. The molecule has 0 spiro atoms. The minimum atomic E-state index is -0.598. The summed E-state index contributed by atoms with van der Waals surface area (Å²) in [7, 11) is 0. The Kier molecular flexibility index (Phi) is 1.97. The molecule has 4 heterocycles. The van der Waals surface area contributed by atoms with Gasteiger partial charge >= 0.3 is 0 Å². The van der Waals surface area contributed by atoms with E-state index in [-0.39, 0.29) is 11.2 Å². The van der Waals surface area contributed by atoms with Gasteiger partial charge in [-0.05, 0) is 60.4 Å². The van der Waals surface area contributed by atoms with Crippen molar-refractivity contribution in [2.45, 2.75) is 36.3 Å². The smallest absolute Gasteiger partial charge is 0.150 e. The second-order valence-corrected chi connectivity index (χ2v) is 7.65. The van der Waals surface area contributed by atoms with Gasteiger partial charge in [0.1, 0.15) is 11.2 Å². The van der Waals surface area contributed by atoms with Crippen molar-refractivity contribution >= 4 is 0 Å². The zero-order valence-electron chi connectivity index (χ0n) is 13.7. The lowest BCUT2D eigenvalue weighted by Gasteiger charge is -2.40. The van der Waals surface area contributed by atoms with Crippen LogP contribution in [-0.2, 0) is 31.9 Å². The van der Waals surface area contributed by atoms with Crippen LogP contribution in [0.15, 0.2) is 72.8 Å². The Labute approximate surface area is 141 Å². The molecule has 0 aliphatic carbocycles. The monoisotopic (exact) mass is 314 g/mol. The summed E-state index contributed by atoms with van der Waals surface area (Å²) in [5.41, 5.74) is 2.99. The SMILES string of the molecule is CC12C=CC(C34C=CC(C)(O3)c3ccccc34)(O1)c1ccccc12. The number of fused-ring (bicyclic) bond motifs is 11. The van der Waals surface area contributed by atoms with E-state index in [4.69, 9.17) is 9.47 Å². The minimum Gasteiger partial charge on any atom is -0.347 e. The molecule has 2 nitrogen and oxygen atoms in total. The van der Waals surface area contributed by atoms with Gasteiger partial charge in [0.25, 0.3) is 0 Å². The second-order valence-electron chi connectivity index (χ2n) is 7.65. The van der Waals surface area contributed by atoms with E-state index in [0.717, 1.165) is 0 Å². The van der Waals surface area contributed by atoms with Gasteiger partial charge in [0.15, 0.2) is 11.2 Å². The van der Waals surface area contributed by atoms with Crippen molar-refractivity contribution < 1.29 is 9.47 Å². The fourth-order valence-electron chi connectivity index (χ4n) is 5.22. The lowest BCUT2D eigenvalue weighted by molar-refractivity contribution is -0.197. The third kappa shape index (κ3) is 1.13. The van der Waals surface area contributed by atoms with Crippen LogP contribution in [0.5, 0.6) is 0 Å². The quantitative estimate of drug-likeness (QED) is 0.726. The minimum absolute atomic E-state index is 0.376. The van der Waals surface area contributed by atoms with Gasteiger partial charge in [0.2, 0.25) is 0 Å². The molecule has 0 amide bonds. The number of hydrogen-bond acceptors (Lipinski definition) is 2. The fourth-order valence-corrected chi connectivity index (χ4v) is 5.22. The van der Waals surface area contributed by atoms with Gasteiger partial charge in [-0.1, -0.05) is 48.5 Å². The van der Waals surface area contributed by atoms with Crippen molar-refractivity contribution in [1.29, 1.82) is 0 Å². The molecule has 0 saturated heterocycles. The lowest BCUT2D eigenvalue weighted by Crippen LogP contribution is -2.45. The van der Waals surface area contributed by atoms with Crippen molar-refractivity contribution in [3.8, 4) is 0 Å². The molecule has 2 aromatic rings. The summed E-state index contributed by atoms with van der Waals surface area (Å²) in [5.74, 6) is 0. The molecule has 4 aliphatic heterocycles. The number of benzene rings is 2. The topological polar surface area (TPSA) is 18.5 Å². The molecule has 0 radical (unpaired) electrons. The van der Waals surface area contributed by atoms with Gasteiger partial charge in [0, 0.05) is 0 Å². The predicted octanol–water partition coefficient (Wildman–Crippen LogP) is 4.41. The molecular weight excluding hydrogens is 296 g/mol. The Balaban J connectivity index is 1.70. The average Bonchev–Trinajstić information content (AvgIpc) is 3.29. The van der Waals surface area contributed by atoms with Gasteiger partial charge < -0.3 is 9.47 Å². The molecule has 0 N–H and O–H groups in total. The van der Waals surface area contributed by atoms with Crippen LogP contribution in [0.4, 0.5) is 0 Å². The molecule has 0 fully saturated rings. The van der Waals surface area contributed by atoms with E-state index in [0.29, 0.717) is 0 Å². The zero-order valence-corrected chi connectivity index (χ0v) is 13.7. The first-order valence-corrected chi connectivity index (χ1v) is 8.54. The number of rotatable bonds is 1. The van der Waals surface area contributed by atoms with Gasteiger partial charge in [-0.3, -0.25) is 0 Å². The molecule has 6 rings (SSSR count). The van der Waals surface area contributed by atoms with Crippen molar-refractivity contribution in [2.24, 2.45) is 0 Å². The zero-order chi connectivity index (χ0) is 16.2. The van der Waals surface area contributed by atoms with Gasteiger partial charge in [-0.2, -0.15) is 0 Å². The third-order valence-electron chi connectivity index (χ3n) is 6.29. The van der Waals surface area contributed by atoms with Gasteiger partial charge in [-0.15, -0.1) is 0 Å². The van der Waals surface area contributed by atoms with E-state index in [2.05, 4.69) is 86.7 Å². The largest absolute Gasteiger partial charge is 0.347 e. The van der Waals surface area contributed by atoms with Crippen molar-refractivity contribution in [3.63, 3.8) is 0 Å². The molecule has 4 atom stereocenters. The number of hydrogen-bond donors (Lipinski definition) is 0. The number of ether oxygens (including phenoxy) is 2. The van der Waals surface area contributed by atoms with E-state index in [9.17, 15) is 0 Å². The lowest BCUT2D eigenvalue weighted by atomic mass is 9.68. The first-order valence-electron chi connectivity index (χ1n) is 8.54. The Morgan fingerprint density at radius 3 is 1.33 bits per heavy atom. The van der Waals surface area contributed by atoms with E-state index in [1.165, 1.54) is 22.3 Å². The molecule has 4 bridgehead atoms. The van der Waals surface area contributed by atoms with Crippen LogP contribution in [0.25, 0.3) is 0 Å². The summed E-state index contributed by atoms with van der Waals surface area (Å²) in [4.78, 5) is 0. The van der Waals surface area contributed by atoms with Crippen molar-refractivity contribution in [1.82, 2.24) is 0 Å². The Morgan fingerprint density at radius 1 is 0.542 bits per heavy atom. The van der Waals surface area contributed by atoms with Crippen LogP contribution >= 0.6 is 0 Å². The van der Waals surface area contributed by atoms with Crippen LogP contribution in [-0.4, -0.2) is 0 Å². The van der Waals surface area contributed by atoms with E-state index < -0.39 is 11.2 Å². The maximum absolute atomic E-state index is 6.74. The predicted molar refractivity (Wildman–Crippen MR) is 91.4 cm³/mol. The van der Waals surface area contributed by atoms with E-state index in [1.54, 1.807) is 0 Å².